The lowest BCUT2D eigenvalue weighted by Gasteiger charge is -2.17. The maximum atomic E-state index is 13.1. The molecule has 0 aliphatic heterocycles. The second-order valence-corrected chi connectivity index (χ2v) is 8.69. The molecule has 1 unspecified atom stereocenters. The second-order valence-electron chi connectivity index (χ2n) is 8.69. The summed E-state index contributed by atoms with van der Waals surface area (Å²) in [7, 11) is 0. The summed E-state index contributed by atoms with van der Waals surface area (Å²) < 4.78 is 45.3. The Morgan fingerprint density at radius 1 is 1.14 bits per heavy atom. The summed E-state index contributed by atoms with van der Waals surface area (Å²) in [5.41, 5.74) is 1.87. The lowest BCUT2D eigenvalue weighted by Crippen LogP contribution is -2.28. The minimum Gasteiger partial charge on any atom is -0.334 e. The van der Waals surface area contributed by atoms with Gasteiger partial charge >= 0.3 is 6.18 Å². The quantitative estimate of drug-likeness (QED) is 0.326. The topological polar surface area (TPSA) is 90.9 Å². The first-order valence-electron chi connectivity index (χ1n) is 11.6. The molecule has 0 saturated carbocycles. The highest BCUT2D eigenvalue weighted by molar-refractivity contribution is 5.95. The first-order valence-corrected chi connectivity index (χ1v) is 11.6. The van der Waals surface area contributed by atoms with Gasteiger partial charge < -0.3 is 9.09 Å². The first-order chi connectivity index (χ1) is 17.7. The molecule has 0 N–H and O–H groups in total. The first kappa shape index (κ1) is 24.4. The molecule has 0 radical (unpaired) electrons. The van der Waals surface area contributed by atoms with E-state index < -0.39 is 23.3 Å². The number of aryl methyl sites for hydroxylation is 1. The van der Waals surface area contributed by atoms with Gasteiger partial charge in [0.2, 0.25) is 0 Å². The van der Waals surface area contributed by atoms with Crippen molar-refractivity contribution in [2.45, 2.75) is 38.4 Å². The van der Waals surface area contributed by atoms with Crippen LogP contribution in [0.2, 0.25) is 0 Å². The highest BCUT2D eigenvalue weighted by Gasteiger charge is 2.30. The Morgan fingerprint density at radius 2 is 1.92 bits per heavy atom. The van der Waals surface area contributed by atoms with Crippen LogP contribution in [0, 0.1) is 0 Å². The van der Waals surface area contributed by atoms with E-state index in [1.54, 1.807) is 19.2 Å². The van der Waals surface area contributed by atoms with Crippen molar-refractivity contribution in [3.63, 3.8) is 0 Å². The van der Waals surface area contributed by atoms with Crippen molar-refractivity contribution in [2.75, 3.05) is 0 Å². The van der Waals surface area contributed by atoms with Crippen molar-refractivity contribution < 1.29 is 22.5 Å². The van der Waals surface area contributed by atoms with E-state index in [0.29, 0.717) is 23.7 Å². The fourth-order valence-electron chi connectivity index (χ4n) is 4.32. The fraction of sp³-hybridized carbons (Fsp3) is 0.222. The molecule has 188 valence electrons. The summed E-state index contributed by atoms with van der Waals surface area (Å²) in [6.07, 6.45) is 1.59. The Hall–Kier alpha value is -4.34. The predicted molar refractivity (Wildman–Crippen MR) is 128 cm³/mol. The fourth-order valence-corrected chi connectivity index (χ4v) is 4.32. The molecule has 0 saturated heterocycles. The number of rotatable bonds is 7. The monoisotopic (exact) mass is 506 g/mol. The highest BCUT2D eigenvalue weighted by atomic mass is 19.4. The Morgan fingerprint density at radius 3 is 2.68 bits per heavy atom. The number of carbonyl (C=O) groups is 1. The van der Waals surface area contributed by atoms with Gasteiger partial charge in [-0.25, -0.2) is 0 Å². The summed E-state index contributed by atoms with van der Waals surface area (Å²) >= 11 is 0. The number of aromatic nitrogens is 4. The normalized spacial score (nSPS) is 13.8. The number of carbonyl (C=O) groups excluding carboxylic acids is 1. The third-order valence-corrected chi connectivity index (χ3v) is 6.37. The maximum absolute atomic E-state index is 13.1. The highest BCUT2D eigenvalue weighted by Crippen LogP contribution is 2.31. The molecule has 1 atom stereocenters. The molecule has 7 nitrogen and oxygen atoms in total. The van der Waals surface area contributed by atoms with E-state index in [4.69, 9.17) is 4.52 Å². The Kier molecular flexibility index (Phi) is 6.32. The molecular weight excluding hydrogens is 485 g/mol. The Bertz CT molecular complexity index is 1550. The van der Waals surface area contributed by atoms with Crippen LogP contribution in [0.25, 0.3) is 5.57 Å². The molecule has 0 fully saturated rings. The summed E-state index contributed by atoms with van der Waals surface area (Å²) in [4.78, 5) is 34.7. The van der Waals surface area contributed by atoms with Crippen LogP contribution in [0.4, 0.5) is 13.2 Å². The second kappa shape index (κ2) is 9.61. The smallest absolute Gasteiger partial charge is 0.334 e. The van der Waals surface area contributed by atoms with Gasteiger partial charge in [0, 0.05) is 42.8 Å². The number of Topliss-reactive ketones (excluding diaryl/α,β-unsaturated/α-hetero) is 1. The van der Waals surface area contributed by atoms with E-state index in [1.165, 1.54) is 29.0 Å². The number of ketones is 1. The standard InChI is InChI=1S/C27H21F3N4O3/c1-16(17-6-8-18(9-7-17)27(28,29)30)34-15-3-5-21(26(34)36)23(35)12-13-24-32-25(37-33-24)20-10-11-22-19(20)4-2-14-31-22/h2-10,14-16H,11-13H2,1H3. The molecule has 10 heteroatoms. The van der Waals surface area contributed by atoms with Gasteiger partial charge in [0.05, 0.1) is 22.9 Å². The van der Waals surface area contributed by atoms with Gasteiger partial charge in [-0.2, -0.15) is 18.2 Å². The van der Waals surface area contributed by atoms with E-state index in [-0.39, 0.29) is 24.2 Å². The minimum absolute atomic E-state index is 0.00984. The van der Waals surface area contributed by atoms with Gasteiger partial charge in [-0.3, -0.25) is 14.6 Å². The molecule has 0 amide bonds. The number of nitrogens with zero attached hydrogens (tertiary/aromatic N) is 4. The molecule has 0 spiro atoms. The van der Waals surface area contributed by atoms with E-state index in [2.05, 4.69) is 15.1 Å². The number of benzene rings is 1. The number of alkyl halides is 3. The number of hydrogen-bond donors (Lipinski definition) is 0. The molecule has 37 heavy (non-hydrogen) atoms. The molecule has 3 heterocycles. The SMILES string of the molecule is CC(c1ccc(C(F)(F)F)cc1)n1cccc(C(=O)CCc2noc(C3=CCc4ncccc43)n2)c1=O. The Balaban J connectivity index is 1.28. The van der Waals surface area contributed by atoms with Crippen LogP contribution in [0.3, 0.4) is 0 Å². The van der Waals surface area contributed by atoms with Gasteiger partial charge in [-0.15, -0.1) is 0 Å². The third kappa shape index (κ3) is 4.87. The van der Waals surface area contributed by atoms with Crippen molar-refractivity contribution in [2.24, 2.45) is 0 Å². The molecule has 0 bridgehead atoms. The van der Waals surface area contributed by atoms with Crippen LogP contribution in [0.1, 0.15) is 63.8 Å². The molecule has 1 aliphatic rings. The molecule has 1 aliphatic carbocycles. The van der Waals surface area contributed by atoms with E-state index in [0.717, 1.165) is 29.0 Å². The molecular formula is C27H21F3N4O3. The summed E-state index contributed by atoms with van der Waals surface area (Å²) in [5, 5.41) is 3.97. The molecule has 5 rings (SSSR count). The zero-order chi connectivity index (χ0) is 26.2. The average Bonchev–Trinajstić information content (AvgIpc) is 3.53. The Labute approximate surface area is 209 Å². The summed E-state index contributed by atoms with van der Waals surface area (Å²) in [6, 6.07) is 10.8. The van der Waals surface area contributed by atoms with E-state index in [1.807, 2.05) is 18.2 Å². The number of fused-ring (bicyclic) bond motifs is 1. The van der Waals surface area contributed by atoms with E-state index >= 15 is 0 Å². The van der Waals surface area contributed by atoms with Crippen molar-refractivity contribution in [1.29, 1.82) is 0 Å². The van der Waals surface area contributed by atoms with Crippen LogP contribution < -0.4 is 5.56 Å². The third-order valence-electron chi connectivity index (χ3n) is 6.37. The maximum Gasteiger partial charge on any atom is 0.416 e. The van der Waals surface area contributed by atoms with E-state index in [9.17, 15) is 22.8 Å². The van der Waals surface area contributed by atoms with Crippen LogP contribution in [-0.4, -0.2) is 25.5 Å². The van der Waals surface area contributed by atoms with Gasteiger partial charge in [0.1, 0.15) is 0 Å². The molecule has 4 aromatic rings. The lowest BCUT2D eigenvalue weighted by molar-refractivity contribution is -0.137. The predicted octanol–water partition coefficient (Wildman–Crippen LogP) is 5.06. The van der Waals surface area contributed by atoms with Crippen molar-refractivity contribution in [3.8, 4) is 0 Å². The molecule has 3 aromatic heterocycles. The van der Waals surface area contributed by atoms with Gasteiger partial charge in [0.25, 0.3) is 11.4 Å². The zero-order valence-corrected chi connectivity index (χ0v) is 19.7. The minimum atomic E-state index is -4.44. The van der Waals surface area contributed by atoms with Crippen molar-refractivity contribution in [1.82, 2.24) is 19.7 Å². The van der Waals surface area contributed by atoms with Crippen LogP contribution >= 0.6 is 0 Å². The number of hydrogen-bond acceptors (Lipinski definition) is 6. The van der Waals surface area contributed by atoms with Gasteiger partial charge in [-0.05, 0) is 42.8 Å². The largest absolute Gasteiger partial charge is 0.416 e. The van der Waals surface area contributed by atoms with Gasteiger partial charge in [0.15, 0.2) is 11.6 Å². The van der Waals surface area contributed by atoms with Crippen LogP contribution in [0.5, 0.6) is 0 Å². The number of pyridine rings is 2. The molecule has 1 aromatic carbocycles. The van der Waals surface area contributed by atoms with Crippen LogP contribution in [0.15, 0.2) is 76.3 Å². The van der Waals surface area contributed by atoms with Crippen molar-refractivity contribution >= 4 is 11.4 Å². The lowest BCUT2D eigenvalue weighted by atomic mass is 10.0. The summed E-state index contributed by atoms with van der Waals surface area (Å²) in [5.74, 6) is 0.303. The average molecular weight is 506 g/mol. The van der Waals surface area contributed by atoms with Gasteiger partial charge in [-0.1, -0.05) is 29.4 Å². The zero-order valence-electron chi connectivity index (χ0n) is 19.7. The van der Waals surface area contributed by atoms with Crippen LogP contribution in [-0.2, 0) is 19.0 Å². The number of allylic oxidation sites excluding steroid dienone is 1. The number of halogens is 3. The van der Waals surface area contributed by atoms with Crippen molar-refractivity contribution in [3.05, 3.63) is 117 Å². The summed E-state index contributed by atoms with van der Waals surface area (Å²) in [6.45, 7) is 1.68.